The molecule has 3 N–H and O–H groups in total. The molecule has 3 unspecified atom stereocenters. The van der Waals surface area contributed by atoms with Crippen molar-refractivity contribution >= 4 is 5.91 Å². The number of amides is 1. The first-order valence-electron chi connectivity index (χ1n) is 9.87. The van der Waals surface area contributed by atoms with E-state index in [1.54, 1.807) is 6.07 Å². The zero-order chi connectivity index (χ0) is 18.5. The predicted octanol–water partition coefficient (Wildman–Crippen LogP) is 3.70. The van der Waals surface area contributed by atoms with Crippen molar-refractivity contribution in [2.24, 2.45) is 23.5 Å². The van der Waals surface area contributed by atoms with E-state index in [2.05, 4.69) is 5.32 Å². The van der Waals surface area contributed by atoms with Gasteiger partial charge in [0.1, 0.15) is 17.2 Å². The van der Waals surface area contributed by atoms with Crippen molar-refractivity contribution < 1.29 is 13.9 Å². The summed E-state index contributed by atoms with van der Waals surface area (Å²) in [5.41, 5.74) is 6.79. The maximum absolute atomic E-state index is 13.6. The molecular weight excluding hydrogens is 331 g/mol. The van der Waals surface area contributed by atoms with Crippen molar-refractivity contribution in [2.45, 2.75) is 70.1 Å². The molecule has 2 bridgehead atoms. The SMILES string of the molecule is CC1(C)CC(NC(=O)C2CC3CCCC(C2)C3N)c2ccc(F)cc2O1. The quantitative estimate of drug-likeness (QED) is 0.845. The molecule has 0 aromatic heterocycles. The van der Waals surface area contributed by atoms with Crippen LogP contribution in [0.3, 0.4) is 0 Å². The molecule has 26 heavy (non-hydrogen) atoms. The van der Waals surface area contributed by atoms with Crippen LogP contribution in [-0.2, 0) is 4.79 Å². The van der Waals surface area contributed by atoms with Crippen molar-refractivity contribution in [3.63, 3.8) is 0 Å². The van der Waals surface area contributed by atoms with E-state index < -0.39 is 5.60 Å². The maximum Gasteiger partial charge on any atom is 0.223 e. The van der Waals surface area contributed by atoms with Crippen molar-refractivity contribution in [3.8, 4) is 5.75 Å². The highest BCUT2D eigenvalue weighted by molar-refractivity contribution is 5.79. The second-order valence-corrected chi connectivity index (χ2v) is 9.01. The first-order chi connectivity index (χ1) is 12.3. The minimum absolute atomic E-state index is 0.0416. The fourth-order valence-electron chi connectivity index (χ4n) is 5.25. The number of hydrogen-bond donors (Lipinski definition) is 2. The summed E-state index contributed by atoms with van der Waals surface area (Å²) in [6.45, 7) is 3.95. The summed E-state index contributed by atoms with van der Waals surface area (Å²) in [7, 11) is 0. The van der Waals surface area contributed by atoms with Gasteiger partial charge in [0.05, 0.1) is 6.04 Å². The Kier molecular flexibility index (Phi) is 4.46. The second kappa shape index (κ2) is 6.52. The second-order valence-electron chi connectivity index (χ2n) is 9.01. The Bertz CT molecular complexity index is 691. The molecule has 3 atom stereocenters. The Labute approximate surface area is 154 Å². The van der Waals surface area contributed by atoms with Crippen LogP contribution in [-0.4, -0.2) is 17.6 Å². The summed E-state index contributed by atoms with van der Waals surface area (Å²) >= 11 is 0. The van der Waals surface area contributed by atoms with E-state index in [0.29, 0.717) is 24.0 Å². The summed E-state index contributed by atoms with van der Waals surface area (Å²) in [5.74, 6) is 1.33. The molecule has 1 amide bonds. The third-order valence-electron chi connectivity index (χ3n) is 6.53. The number of nitrogens with two attached hydrogens (primary N) is 1. The molecule has 5 heteroatoms. The maximum atomic E-state index is 13.6. The molecule has 0 radical (unpaired) electrons. The van der Waals surface area contributed by atoms with Crippen LogP contribution in [0.5, 0.6) is 5.75 Å². The fraction of sp³-hybridized carbons (Fsp3) is 0.667. The van der Waals surface area contributed by atoms with Crippen molar-refractivity contribution in [2.75, 3.05) is 0 Å². The average Bonchev–Trinajstić information content (AvgIpc) is 2.52. The molecule has 1 aromatic carbocycles. The van der Waals surface area contributed by atoms with E-state index in [1.807, 2.05) is 13.8 Å². The number of rotatable bonds is 2. The summed E-state index contributed by atoms with van der Waals surface area (Å²) in [5, 5.41) is 3.24. The smallest absolute Gasteiger partial charge is 0.223 e. The van der Waals surface area contributed by atoms with Crippen molar-refractivity contribution in [1.82, 2.24) is 5.32 Å². The Hall–Kier alpha value is -1.62. The van der Waals surface area contributed by atoms with Crippen molar-refractivity contribution in [3.05, 3.63) is 29.6 Å². The van der Waals surface area contributed by atoms with Gasteiger partial charge in [0.2, 0.25) is 5.91 Å². The summed E-state index contributed by atoms with van der Waals surface area (Å²) in [4.78, 5) is 13.0. The molecule has 2 saturated carbocycles. The number of fused-ring (bicyclic) bond motifs is 3. The van der Waals surface area contributed by atoms with Crippen LogP contribution in [0.2, 0.25) is 0 Å². The van der Waals surface area contributed by atoms with Gasteiger partial charge in [-0.25, -0.2) is 4.39 Å². The molecule has 142 valence electrons. The minimum Gasteiger partial charge on any atom is -0.487 e. The third kappa shape index (κ3) is 3.34. The van der Waals surface area contributed by atoms with Gasteiger partial charge in [0, 0.05) is 30.0 Å². The van der Waals surface area contributed by atoms with Gasteiger partial charge in [-0.3, -0.25) is 4.79 Å². The zero-order valence-electron chi connectivity index (χ0n) is 15.6. The van der Waals surface area contributed by atoms with E-state index in [-0.39, 0.29) is 29.7 Å². The van der Waals surface area contributed by atoms with Gasteiger partial charge in [-0.05, 0) is 57.4 Å². The van der Waals surface area contributed by atoms with Gasteiger partial charge >= 0.3 is 0 Å². The van der Waals surface area contributed by atoms with Crippen LogP contribution in [0.1, 0.15) is 64.0 Å². The Balaban J connectivity index is 1.51. The molecule has 2 aliphatic carbocycles. The molecule has 0 saturated heterocycles. The normalized spacial score (nSPS) is 35.2. The van der Waals surface area contributed by atoms with Crippen LogP contribution in [0.15, 0.2) is 18.2 Å². The van der Waals surface area contributed by atoms with Crippen LogP contribution in [0.25, 0.3) is 0 Å². The van der Waals surface area contributed by atoms with E-state index >= 15 is 0 Å². The lowest BCUT2D eigenvalue weighted by Crippen LogP contribution is -2.50. The lowest BCUT2D eigenvalue weighted by atomic mass is 9.65. The number of halogens is 1. The van der Waals surface area contributed by atoms with Gasteiger partial charge in [0.25, 0.3) is 0 Å². The van der Waals surface area contributed by atoms with Crippen LogP contribution >= 0.6 is 0 Å². The largest absolute Gasteiger partial charge is 0.487 e. The Morgan fingerprint density at radius 1 is 1.27 bits per heavy atom. The third-order valence-corrected chi connectivity index (χ3v) is 6.53. The zero-order valence-corrected chi connectivity index (χ0v) is 15.6. The molecule has 1 aliphatic heterocycles. The summed E-state index contributed by atoms with van der Waals surface area (Å²) < 4.78 is 19.5. The molecule has 1 aromatic rings. The number of carbonyl (C=O) groups excluding carboxylic acids is 1. The number of nitrogens with one attached hydrogen (secondary N) is 1. The molecular formula is C21H29FN2O2. The molecule has 0 spiro atoms. The highest BCUT2D eigenvalue weighted by atomic mass is 19.1. The highest BCUT2D eigenvalue weighted by Gasteiger charge is 2.42. The molecule has 4 rings (SSSR count). The van der Waals surface area contributed by atoms with E-state index in [4.69, 9.17) is 10.5 Å². The number of benzene rings is 1. The van der Waals surface area contributed by atoms with Gasteiger partial charge in [-0.2, -0.15) is 0 Å². The van der Waals surface area contributed by atoms with E-state index in [0.717, 1.165) is 31.2 Å². The average molecular weight is 360 g/mol. The molecule has 2 fully saturated rings. The Morgan fingerprint density at radius 3 is 2.65 bits per heavy atom. The fourth-order valence-corrected chi connectivity index (χ4v) is 5.25. The summed E-state index contributed by atoms with van der Waals surface area (Å²) in [6.07, 6.45) is 6.00. The minimum atomic E-state index is -0.440. The lowest BCUT2D eigenvalue weighted by Gasteiger charge is -2.44. The van der Waals surface area contributed by atoms with E-state index in [1.165, 1.54) is 18.6 Å². The Morgan fingerprint density at radius 2 is 1.96 bits per heavy atom. The highest BCUT2D eigenvalue weighted by Crippen LogP contribution is 2.43. The summed E-state index contributed by atoms with van der Waals surface area (Å²) in [6, 6.07) is 4.70. The van der Waals surface area contributed by atoms with Gasteiger partial charge in [-0.1, -0.05) is 12.5 Å². The topological polar surface area (TPSA) is 64.4 Å². The van der Waals surface area contributed by atoms with Gasteiger partial charge in [-0.15, -0.1) is 0 Å². The van der Waals surface area contributed by atoms with Gasteiger partial charge < -0.3 is 15.8 Å². The number of ether oxygens (including phenoxy) is 1. The van der Waals surface area contributed by atoms with E-state index in [9.17, 15) is 9.18 Å². The first kappa shape index (κ1) is 17.8. The standard InChI is InChI=1S/C21H29FN2O2/c1-21(2)11-17(16-7-6-15(22)10-18(16)26-21)24-20(25)14-8-12-4-3-5-13(9-14)19(12)23/h6-7,10,12-14,17,19H,3-5,8-9,11,23H2,1-2H3,(H,24,25). The number of hydrogen-bond acceptors (Lipinski definition) is 3. The molecule has 4 nitrogen and oxygen atoms in total. The number of carbonyl (C=O) groups is 1. The predicted molar refractivity (Wildman–Crippen MR) is 98.1 cm³/mol. The molecule has 3 aliphatic rings. The van der Waals surface area contributed by atoms with Crippen LogP contribution in [0.4, 0.5) is 4.39 Å². The van der Waals surface area contributed by atoms with Gasteiger partial charge in [0.15, 0.2) is 0 Å². The van der Waals surface area contributed by atoms with Crippen LogP contribution in [0, 0.1) is 23.6 Å². The lowest BCUT2D eigenvalue weighted by molar-refractivity contribution is -0.129. The monoisotopic (exact) mass is 360 g/mol. The first-order valence-corrected chi connectivity index (χ1v) is 9.87. The van der Waals surface area contributed by atoms with Crippen LogP contribution < -0.4 is 15.8 Å². The van der Waals surface area contributed by atoms with Crippen molar-refractivity contribution in [1.29, 1.82) is 0 Å². The molecule has 1 heterocycles.